The summed E-state index contributed by atoms with van der Waals surface area (Å²) in [6.45, 7) is 4.11. The molecule has 0 aliphatic rings. The van der Waals surface area contributed by atoms with Gasteiger partial charge in [0.25, 0.3) is 0 Å². The highest BCUT2D eigenvalue weighted by molar-refractivity contribution is 5.85. The Hall–Kier alpha value is -4.20. The molecule has 5 rings (SSSR count). The van der Waals surface area contributed by atoms with Crippen LogP contribution in [0.3, 0.4) is 0 Å². The number of ether oxygens (including phenoxy) is 1. The van der Waals surface area contributed by atoms with Crippen molar-refractivity contribution in [3.63, 3.8) is 0 Å². The Kier molecular flexibility index (Phi) is 5.72. The Bertz CT molecular complexity index is 1360. The van der Waals surface area contributed by atoms with Crippen LogP contribution in [0, 0.1) is 6.92 Å². The molecule has 0 spiro atoms. The van der Waals surface area contributed by atoms with E-state index >= 15 is 0 Å². The van der Waals surface area contributed by atoms with Gasteiger partial charge in [0.2, 0.25) is 0 Å². The molecule has 8 nitrogen and oxygen atoms in total. The molecule has 0 unspecified atom stereocenters. The maximum atomic E-state index is 5.38. The van der Waals surface area contributed by atoms with E-state index in [4.69, 9.17) is 4.74 Å². The lowest BCUT2D eigenvalue weighted by atomic mass is 10.1. The zero-order valence-electron chi connectivity index (χ0n) is 18.6. The number of aryl methyl sites for hydroxylation is 1. The third-order valence-electron chi connectivity index (χ3n) is 5.44. The Balaban J connectivity index is 1.30. The van der Waals surface area contributed by atoms with Crippen molar-refractivity contribution in [1.29, 1.82) is 0 Å². The van der Waals surface area contributed by atoms with Crippen LogP contribution in [0.5, 0.6) is 5.75 Å². The first-order chi connectivity index (χ1) is 16.2. The maximum absolute atomic E-state index is 5.38. The first-order valence-electron chi connectivity index (χ1n) is 10.8. The summed E-state index contributed by atoms with van der Waals surface area (Å²) in [5.74, 6) is 1.62. The van der Waals surface area contributed by atoms with E-state index in [9.17, 15) is 0 Å². The maximum Gasteiger partial charge on any atom is 0.186 e. The second kappa shape index (κ2) is 9.12. The molecule has 3 heterocycles. The van der Waals surface area contributed by atoms with Gasteiger partial charge in [-0.15, -0.1) is 0 Å². The third kappa shape index (κ3) is 4.85. The molecule has 0 saturated heterocycles. The van der Waals surface area contributed by atoms with Gasteiger partial charge in [0.15, 0.2) is 5.65 Å². The summed E-state index contributed by atoms with van der Waals surface area (Å²) in [5.41, 5.74) is 5.33. The Morgan fingerprint density at radius 3 is 2.45 bits per heavy atom. The summed E-state index contributed by atoms with van der Waals surface area (Å²) >= 11 is 0. The van der Waals surface area contributed by atoms with Gasteiger partial charge in [0.05, 0.1) is 25.6 Å². The molecule has 0 aliphatic carbocycles. The lowest BCUT2D eigenvalue weighted by Crippen LogP contribution is -2.03. The average molecular weight is 440 g/mol. The molecular formula is C25H25N7O. The molecule has 0 aliphatic heterocycles. The predicted molar refractivity (Wildman–Crippen MR) is 127 cm³/mol. The molecule has 33 heavy (non-hydrogen) atoms. The van der Waals surface area contributed by atoms with E-state index in [1.54, 1.807) is 19.6 Å². The quantitative estimate of drug-likeness (QED) is 0.393. The number of methoxy groups -OCH3 is 1. The van der Waals surface area contributed by atoms with E-state index in [0.717, 1.165) is 34.6 Å². The molecule has 0 atom stereocenters. The zero-order chi connectivity index (χ0) is 22.6. The van der Waals surface area contributed by atoms with E-state index in [2.05, 4.69) is 62.7 Å². The molecule has 3 aromatic heterocycles. The van der Waals surface area contributed by atoms with Gasteiger partial charge >= 0.3 is 0 Å². The van der Waals surface area contributed by atoms with Crippen molar-refractivity contribution < 1.29 is 4.74 Å². The molecule has 2 aromatic carbocycles. The largest absolute Gasteiger partial charge is 0.497 e. The highest BCUT2D eigenvalue weighted by atomic mass is 16.5. The average Bonchev–Trinajstić information content (AvgIpc) is 3.48. The summed E-state index contributed by atoms with van der Waals surface area (Å²) in [6.07, 6.45) is 7.29. The Labute approximate surface area is 191 Å². The molecule has 1 N–H and O–H groups in total. The third-order valence-corrected chi connectivity index (χ3v) is 5.44. The number of hydrogen-bond acceptors (Lipinski definition) is 6. The van der Waals surface area contributed by atoms with Gasteiger partial charge in [0, 0.05) is 25.1 Å². The normalized spacial score (nSPS) is 11.1. The van der Waals surface area contributed by atoms with Crippen molar-refractivity contribution in [3.8, 4) is 5.75 Å². The number of rotatable bonds is 8. The molecule has 0 radical (unpaired) electrons. The van der Waals surface area contributed by atoms with Crippen molar-refractivity contribution in [3.05, 3.63) is 95.7 Å². The summed E-state index contributed by atoms with van der Waals surface area (Å²) in [7, 11) is 1.68. The molecule has 0 bridgehead atoms. The van der Waals surface area contributed by atoms with Gasteiger partial charge in [-0.3, -0.25) is 9.36 Å². The number of hydrogen-bond donors (Lipinski definition) is 1. The van der Waals surface area contributed by atoms with Crippen molar-refractivity contribution in [2.75, 3.05) is 12.4 Å². The Morgan fingerprint density at radius 1 is 0.939 bits per heavy atom. The standard InChI is InChI=1S/C25H25N7O/c1-18-10-21(12-22(11-18)33-2)13-26-24-23-16-32(30-25(23)28-17-27-24)15-20-6-4-19(5-7-20)14-31-9-3-8-29-31/h3-12,16-17H,13-15H2,1-2H3,(H,26,27,28,30). The van der Waals surface area contributed by atoms with E-state index < -0.39 is 0 Å². The van der Waals surface area contributed by atoms with Crippen LogP contribution < -0.4 is 10.1 Å². The fourth-order valence-corrected chi connectivity index (χ4v) is 3.85. The van der Waals surface area contributed by atoms with E-state index in [0.29, 0.717) is 18.7 Å². The smallest absolute Gasteiger partial charge is 0.186 e. The number of benzene rings is 2. The molecule has 0 amide bonds. The molecule has 5 aromatic rings. The predicted octanol–water partition coefficient (Wildman–Crippen LogP) is 4.05. The van der Waals surface area contributed by atoms with Gasteiger partial charge in [-0.2, -0.15) is 10.2 Å². The van der Waals surface area contributed by atoms with Crippen LogP contribution in [-0.2, 0) is 19.6 Å². The van der Waals surface area contributed by atoms with Crippen molar-refractivity contribution in [2.45, 2.75) is 26.6 Å². The lowest BCUT2D eigenvalue weighted by Gasteiger charge is -2.09. The fourth-order valence-electron chi connectivity index (χ4n) is 3.85. The minimum atomic E-state index is 0.632. The van der Waals surface area contributed by atoms with Crippen LogP contribution in [0.1, 0.15) is 22.3 Å². The summed E-state index contributed by atoms with van der Waals surface area (Å²) in [5, 5.41) is 13.2. The minimum absolute atomic E-state index is 0.632. The van der Waals surface area contributed by atoms with Gasteiger partial charge in [-0.1, -0.05) is 30.3 Å². The van der Waals surface area contributed by atoms with Gasteiger partial charge in [-0.05, 0) is 47.4 Å². The van der Waals surface area contributed by atoms with E-state index in [1.807, 2.05) is 40.0 Å². The van der Waals surface area contributed by atoms with Gasteiger partial charge in [0.1, 0.15) is 17.9 Å². The van der Waals surface area contributed by atoms with Crippen LogP contribution in [0.4, 0.5) is 5.82 Å². The zero-order valence-corrected chi connectivity index (χ0v) is 18.6. The lowest BCUT2D eigenvalue weighted by molar-refractivity contribution is 0.414. The van der Waals surface area contributed by atoms with Crippen LogP contribution in [-0.4, -0.2) is 36.6 Å². The number of nitrogens with one attached hydrogen (secondary N) is 1. The first-order valence-corrected chi connectivity index (χ1v) is 10.8. The van der Waals surface area contributed by atoms with Gasteiger partial charge in [-0.25, -0.2) is 9.97 Å². The second-order valence-electron chi connectivity index (χ2n) is 8.02. The molecule has 0 fully saturated rings. The first kappa shape index (κ1) is 20.7. The van der Waals surface area contributed by atoms with Crippen LogP contribution in [0.25, 0.3) is 11.0 Å². The van der Waals surface area contributed by atoms with Gasteiger partial charge < -0.3 is 10.1 Å². The van der Waals surface area contributed by atoms with Crippen LogP contribution in [0.2, 0.25) is 0 Å². The van der Waals surface area contributed by atoms with Crippen LogP contribution in [0.15, 0.2) is 73.4 Å². The van der Waals surface area contributed by atoms with E-state index in [1.165, 1.54) is 11.1 Å². The van der Waals surface area contributed by atoms with Crippen molar-refractivity contribution >= 4 is 16.9 Å². The fraction of sp³-hybridized carbons (Fsp3) is 0.200. The van der Waals surface area contributed by atoms with E-state index in [-0.39, 0.29) is 0 Å². The SMILES string of the molecule is COc1cc(C)cc(CNc2ncnc3nn(Cc4ccc(Cn5cccn5)cc4)cc23)c1. The monoisotopic (exact) mass is 439 g/mol. The van der Waals surface area contributed by atoms with Crippen LogP contribution >= 0.6 is 0 Å². The summed E-state index contributed by atoms with van der Waals surface area (Å²) in [6, 6.07) is 16.6. The molecule has 0 saturated carbocycles. The molecular weight excluding hydrogens is 414 g/mol. The number of fused-ring (bicyclic) bond motifs is 1. The Morgan fingerprint density at radius 2 is 1.73 bits per heavy atom. The summed E-state index contributed by atoms with van der Waals surface area (Å²) < 4.78 is 9.20. The highest BCUT2D eigenvalue weighted by Crippen LogP contribution is 2.21. The number of aromatic nitrogens is 6. The molecule has 8 heteroatoms. The topological polar surface area (TPSA) is 82.7 Å². The highest BCUT2D eigenvalue weighted by Gasteiger charge is 2.09. The van der Waals surface area contributed by atoms with Crippen molar-refractivity contribution in [2.24, 2.45) is 0 Å². The minimum Gasteiger partial charge on any atom is -0.497 e. The second-order valence-corrected chi connectivity index (χ2v) is 8.02. The number of anilines is 1. The van der Waals surface area contributed by atoms with Crippen molar-refractivity contribution in [1.82, 2.24) is 29.5 Å². The molecule has 166 valence electrons. The summed E-state index contributed by atoms with van der Waals surface area (Å²) in [4.78, 5) is 8.78. The number of nitrogens with zero attached hydrogens (tertiary/aromatic N) is 6.